The molecule has 18 heavy (non-hydrogen) atoms. The average Bonchev–Trinajstić information content (AvgIpc) is 3.06. The largest absolute Gasteiger partial charge is 0.478 e. The van der Waals surface area contributed by atoms with Crippen molar-refractivity contribution < 1.29 is 14.7 Å². The number of benzene rings is 1. The van der Waals surface area contributed by atoms with Crippen molar-refractivity contribution in [3.05, 3.63) is 29.8 Å². The van der Waals surface area contributed by atoms with Crippen LogP contribution >= 0.6 is 0 Å². The topological polar surface area (TPSA) is 78.4 Å². The summed E-state index contributed by atoms with van der Waals surface area (Å²) < 4.78 is 0. The van der Waals surface area contributed by atoms with Gasteiger partial charge in [0, 0.05) is 12.2 Å². The molecule has 5 heteroatoms. The number of aromatic carboxylic acids is 1. The van der Waals surface area contributed by atoms with Crippen molar-refractivity contribution in [3.63, 3.8) is 0 Å². The second kappa shape index (κ2) is 4.68. The van der Waals surface area contributed by atoms with Crippen LogP contribution in [-0.4, -0.2) is 23.7 Å². The molecule has 0 unspecified atom stereocenters. The van der Waals surface area contributed by atoms with Crippen LogP contribution in [-0.2, 0) is 0 Å². The summed E-state index contributed by atoms with van der Waals surface area (Å²) >= 11 is 0. The van der Waals surface area contributed by atoms with Crippen LogP contribution in [0, 0.1) is 5.41 Å². The van der Waals surface area contributed by atoms with Gasteiger partial charge in [0.2, 0.25) is 0 Å². The number of amides is 2. The van der Waals surface area contributed by atoms with Crippen molar-refractivity contribution in [3.8, 4) is 0 Å². The quantitative estimate of drug-likeness (QED) is 0.765. The fourth-order valence-corrected chi connectivity index (χ4v) is 1.59. The van der Waals surface area contributed by atoms with Gasteiger partial charge < -0.3 is 15.7 Å². The van der Waals surface area contributed by atoms with E-state index in [1.54, 1.807) is 12.1 Å². The minimum Gasteiger partial charge on any atom is -0.478 e. The van der Waals surface area contributed by atoms with Crippen molar-refractivity contribution >= 4 is 17.7 Å². The molecule has 0 heterocycles. The van der Waals surface area contributed by atoms with Gasteiger partial charge in [-0.15, -0.1) is 0 Å². The summed E-state index contributed by atoms with van der Waals surface area (Å²) in [5, 5.41) is 14.2. The normalized spacial score (nSPS) is 15.8. The Morgan fingerprint density at radius 2 is 2.11 bits per heavy atom. The van der Waals surface area contributed by atoms with Gasteiger partial charge in [0.25, 0.3) is 0 Å². The van der Waals surface area contributed by atoms with Crippen molar-refractivity contribution in [1.82, 2.24) is 5.32 Å². The summed E-state index contributed by atoms with van der Waals surface area (Å²) in [5.41, 5.74) is 0.885. The van der Waals surface area contributed by atoms with Crippen LogP contribution in [0.3, 0.4) is 0 Å². The molecule has 0 atom stereocenters. The van der Waals surface area contributed by atoms with E-state index in [-0.39, 0.29) is 17.0 Å². The summed E-state index contributed by atoms with van der Waals surface area (Å²) in [6.07, 6.45) is 2.28. The van der Waals surface area contributed by atoms with Gasteiger partial charge in [0.15, 0.2) is 0 Å². The number of nitrogens with one attached hydrogen (secondary N) is 2. The van der Waals surface area contributed by atoms with Gasteiger partial charge in [-0.3, -0.25) is 0 Å². The Hall–Kier alpha value is -2.04. The number of hydrogen-bond acceptors (Lipinski definition) is 2. The SMILES string of the molecule is CC1(CNC(=O)Nc2cccc(C(=O)O)c2)CC1. The molecule has 96 valence electrons. The van der Waals surface area contributed by atoms with Gasteiger partial charge >= 0.3 is 12.0 Å². The maximum atomic E-state index is 11.6. The average molecular weight is 248 g/mol. The summed E-state index contributed by atoms with van der Waals surface area (Å²) in [4.78, 5) is 22.4. The molecule has 0 radical (unpaired) electrons. The fourth-order valence-electron chi connectivity index (χ4n) is 1.59. The first-order valence-corrected chi connectivity index (χ1v) is 5.87. The highest BCUT2D eigenvalue weighted by Gasteiger charge is 2.37. The third-order valence-corrected chi connectivity index (χ3v) is 3.15. The lowest BCUT2D eigenvalue weighted by Crippen LogP contribution is -2.32. The van der Waals surface area contributed by atoms with Gasteiger partial charge in [-0.05, 0) is 36.5 Å². The van der Waals surface area contributed by atoms with E-state index in [0.717, 1.165) is 12.8 Å². The van der Waals surface area contributed by atoms with Crippen LogP contribution in [0.5, 0.6) is 0 Å². The second-order valence-electron chi connectivity index (χ2n) is 5.00. The van der Waals surface area contributed by atoms with Crippen LogP contribution in [0.25, 0.3) is 0 Å². The van der Waals surface area contributed by atoms with Crippen molar-refractivity contribution in [1.29, 1.82) is 0 Å². The van der Waals surface area contributed by atoms with E-state index >= 15 is 0 Å². The highest BCUT2D eigenvalue weighted by atomic mass is 16.4. The molecule has 1 aliphatic carbocycles. The molecule has 3 N–H and O–H groups in total. The Bertz CT molecular complexity index is 481. The molecular weight excluding hydrogens is 232 g/mol. The monoisotopic (exact) mass is 248 g/mol. The third-order valence-electron chi connectivity index (χ3n) is 3.15. The van der Waals surface area contributed by atoms with Crippen molar-refractivity contribution in [2.24, 2.45) is 5.41 Å². The van der Waals surface area contributed by atoms with E-state index in [0.29, 0.717) is 12.2 Å². The van der Waals surface area contributed by atoms with Gasteiger partial charge in [-0.2, -0.15) is 0 Å². The van der Waals surface area contributed by atoms with Gasteiger partial charge in [-0.1, -0.05) is 13.0 Å². The summed E-state index contributed by atoms with van der Waals surface area (Å²) in [6, 6.07) is 5.87. The van der Waals surface area contributed by atoms with E-state index < -0.39 is 5.97 Å². The molecule has 1 aromatic carbocycles. The first kappa shape index (κ1) is 12.4. The Morgan fingerprint density at radius 3 is 2.72 bits per heavy atom. The summed E-state index contributed by atoms with van der Waals surface area (Å²) in [6.45, 7) is 2.77. The van der Waals surface area contributed by atoms with Gasteiger partial charge in [-0.25, -0.2) is 9.59 Å². The second-order valence-corrected chi connectivity index (χ2v) is 5.00. The molecule has 1 aromatic rings. The Kier molecular flexibility index (Phi) is 3.23. The lowest BCUT2D eigenvalue weighted by molar-refractivity contribution is 0.0697. The molecule has 1 aliphatic rings. The lowest BCUT2D eigenvalue weighted by atomic mass is 10.1. The smallest absolute Gasteiger partial charge is 0.335 e. The van der Waals surface area contributed by atoms with Crippen LogP contribution in [0.1, 0.15) is 30.1 Å². The Balaban J connectivity index is 1.90. The van der Waals surface area contributed by atoms with Crippen molar-refractivity contribution in [2.45, 2.75) is 19.8 Å². The van der Waals surface area contributed by atoms with E-state index in [1.165, 1.54) is 12.1 Å². The number of carboxylic acid groups (broad SMARTS) is 1. The first-order chi connectivity index (χ1) is 8.48. The first-order valence-electron chi connectivity index (χ1n) is 5.87. The number of anilines is 1. The van der Waals surface area contributed by atoms with Crippen LogP contribution < -0.4 is 10.6 Å². The minimum absolute atomic E-state index is 0.155. The molecule has 0 aliphatic heterocycles. The standard InChI is InChI=1S/C13H16N2O3/c1-13(5-6-13)8-14-12(18)15-10-4-2-3-9(7-10)11(16)17/h2-4,7H,5-6,8H2,1H3,(H,16,17)(H2,14,15,18). The number of rotatable bonds is 4. The summed E-state index contributed by atoms with van der Waals surface area (Å²) in [7, 11) is 0. The zero-order valence-electron chi connectivity index (χ0n) is 10.2. The molecule has 5 nitrogen and oxygen atoms in total. The number of hydrogen-bond donors (Lipinski definition) is 3. The predicted molar refractivity (Wildman–Crippen MR) is 67.8 cm³/mol. The van der Waals surface area contributed by atoms with E-state index in [9.17, 15) is 9.59 Å². The highest BCUT2D eigenvalue weighted by Crippen LogP contribution is 2.43. The zero-order valence-corrected chi connectivity index (χ0v) is 10.2. The lowest BCUT2D eigenvalue weighted by Gasteiger charge is -2.11. The Labute approximate surface area is 105 Å². The minimum atomic E-state index is -1.01. The number of carbonyl (C=O) groups excluding carboxylic acids is 1. The van der Waals surface area contributed by atoms with Crippen LogP contribution in [0.15, 0.2) is 24.3 Å². The number of carbonyl (C=O) groups is 2. The molecule has 1 fully saturated rings. The molecule has 0 spiro atoms. The molecule has 1 saturated carbocycles. The van der Waals surface area contributed by atoms with Crippen LogP contribution in [0.2, 0.25) is 0 Å². The van der Waals surface area contributed by atoms with Crippen LogP contribution in [0.4, 0.5) is 10.5 Å². The fraction of sp³-hybridized carbons (Fsp3) is 0.385. The van der Waals surface area contributed by atoms with E-state index in [4.69, 9.17) is 5.11 Å². The molecule has 0 saturated heterocycles. The van der Waals surface area contributed by atoms with Gasteiger partial charge in [0.1, 0.15) is 0 Å². The molecule has 2 amide bonds. The Morgan fingerprint density at radius 1 is 1.39 bits per heavy atom. The zero-order chi connectivity index (χ0) is 13.2. The highest BCUT2D eigenvalue weighted by molar-refractivity contribution is 5.93. The van der Waals surface area contributed by atoms with Gasteiger partial charge in [0.05, 0.1) is 5.56 Å². The maximum Gasteiger partial charge on any atom is 0.335 e. The number of carboxylic acids is 1. The third kappa shape index (κ3) is 3.23. The van der Waals surface area contributed by atoms with E-state index in [2.05, 4.69) is 17.6 Å². The number of urea groups is 1. The van der Waals surface area contributed by atoms with Crippen molar-refractivity contribution in [2.75, 3.05) is 11.9 Å². The predicted octanol–water partition coefficient (Wildman–Crippen LogP) is 2.31. The van der Waals surface area contributed by atoms with E-state index in [1.807, 2.05) is 0 Å². The maximum absolute atomic E-state index is 11.6. The molecule has 0 aromatic heterocycles. The molecule has 0 bridgehead atoms. The molecule has 2 rings (SSSR count). The summed E-state index contributed by atoms with van der Waals surface area (Å²) in [5.74, 6) is -1.01. The molecular formula is C13H16N2O3.